The van der Waals surface area contributed by atoms with Crippen LogP contribution in [0.15, 0.2) is 127 Å². The van der Waals surface area contributed by atoms with Gasteiger partial charge in [-0.3, -0.25) is 0 Å². The molecule has 4 aromatic rings. The van der Waals surface area contributed by atoms with E-state index >= 15 is 0 Å². The van der Waals surface area contributed by atoms with E-state index in [-0.39, 0.29) is 5.66 Å². The quantitative estimate of drug-likeness (QED) is 0.267. The second-order valence-electron chi connectivity index (χ2n) is 7.59. The maximum atomic E-state index is 4.54. The Bertz CT molecular complexity index is 1010. The molecule has 0 fully saturated rings. The summed E-state index contributed by atoms with van der Waals surface area (Å²) in [6.45, 7) is 2.35. The van der Waals surface area contributed by atoms with E-state index in [9.17, 15) is 0 Å². The molecule has 0 spiro atoms. The van der Waals surface area contributed by atoms with Crippen molar-refractivity contribution in [3.05, 3.63) is 133 Å². The van der Waals surface area contributed by atoms with Crippen molar-refractivity contribution in [1.29, 1.82) is 0 Å². The Morgan fingerprint density at radius 3 is 1.27 bits per heavy atom. The number of hydrogen-bond acceptors (Lipinski definition) is 0. The van der Waals surface area contributed by atoms with Crippen LogP contribution in [0.1, 0.15) is 12.5 Å². The molecule has 0 aliphatic heterocycles. The monoisotopic (exact) mass is 472 g/mol. The third kappa shape index (κ3) is 3.47. The minimum atomic E-state index is -2.97. The number of allylic oxidation sites excluding steroid dienone is 1. The Hall–Kier alpha value is -2.47. The molecule has 0 amide bonds. The van der Waals surface area contributed by atoms with E-state index in [2.05, 4.69) is 156 Å². The standard InChI is InChI=1S/C28H26BrP/c1-24(22-23-25-14-6-2-7-15-25)30(29,26-16-8-3-9-17-26,27-18-10-4-11-19-27)28-20-12-5-13-21-28/h2-24H,1H3/b23-22+. The van der Waals surface area contributed by atoms with Crippen molar-refractivity contribution in [3.63, 3.8) is 0 Å². The van der Waals surface area contributed by atoms with Gasteiger partial charge >= 0.3 is 188 Å². The Morgan fingerprint density at radius 1 is 0.567 bits per heavy atom. The molecule has 2 heteroatoms. The van der Waals surface area contributed by atoms with Gasteiger partial charge in [-0.2, -0.15) is 0 Å². The molecule has 0 saturated heterocycles. The second kappa shape index (κ2) is 8.72. The fourth-order valence-corrected chi connectivity index (χ4v) is 11.8. The van der Waals surface area contributed by atoms with Gasteiger partial charge in [0.25, 0.3) is 0 Å². The molecule has 0 radical (unpaired) electrons. The zero-order valence-electron chi connectivity index (χ0n) is 17.1. The fraction of sp³-hybridized carbons (Fsp3) is 0.0714. The number of benzene rings is 4. The third-order valence-electron chi connectivity index (χ3n) is 5.91. The van der Waals surface area contributed by atoms with Crippen molar-refractivity contribution in [2.75, 3.05) is 0 Å². The molecule has 0 aliphatic rings. The van der Waals surface area contributed by atoms with Crippen molar-refractivity contribution < 1.29 is 0 Å². The molecule has 0 bridgehead atoms. The maximum absolute atomic E-state index is 4.54. The Balaban J connectivity index is 2.02. The Labute approximate surface area is 188 Å². The van der Waals surface area contributed by atoms with Crippen LogP contribution in [-0.4, -0.2) is 5.66 Å². The molecule has 0 aromatic heterocycles. The molecule has 0 N–H and O–H groups in total. The zero-order chi connectivity index (χ0) is 20.9. The van der Waals surface area contributed by atoms with Gasteiger partial charge in [0.1, 0.15) is 0 Å². The summed E-state index contributed by atoms with van der Waals surface area (Å²) in [4.78, 5) is 0. The molecular weight excluding hydrogens is 447 g/mol. The van der Waals surface area contributed by atoms with Crippen LogP contribution in [0.5, 0.6) is 0 Å². The number of hydrogen-bond donors (Lipinski definition) is 0. The molecule has 1 unspecified atom stereocenters. The van der Waals surface area contributed by atoms with Crippen LogP contribution in [0.3, 0.4) is 0 Å². The van der Waals surface area contributed by atoms with Crippen LogP contribution in [0.4, 0.5) is 0 Å². The van der Waals surface area contributed by atoms with Crippen LogP contribution < -0.4 is 15.9 Å². The van der Waals surface area contributed by atoms with E-state index in [1.807, 2.05) is 0 Å². The average Bonchev–Trinajstić information content (AvgIpc) is 2.84. The fourth-order valence-electron chi connectivity index (χ4n) is 4.29. The van der Waals surface area contributed by atoms with E-state index < -0.39 is 5.31 Å². The predicted molar refractivity (Wildman–Crippen MR) is 139 cm³/mol. The van der Waals surface area contributed by atoms with Crippen molar-refractivity contribution in [2.45, 2.75) is 12.6 Å². The first-order valence-corrected chi connectivity index (χ1v) is 14.6. The van der Waals surface area contributed by atoms with Crippen LogP contribution in [0, 0.1) is 0 Å². The summed E-state index contributed by atoms with van der Waals surface area (Å²) in [6.07, 6.45) is 4.62. The first kappa shape index (κ1) is 20.8. The van der Waals surface area contributed by atoms with Gasteiger partial charge in [0.2, 0.25) is 0 Å². The second-order valence-corrected chi connectivity index (χ2v) is 16.5. The van der Waals surface area contributed by atoms with Gasteiger partial charge in [-0.1, -0.05) is 0 Å². The molecule has 1 atom stereocenters. The van der Waals surface area contributed by atoms with Crippen molar-refractivity contribution in [1.82, 2.24) is 0 Å². The third-order valence-corrected chi connectivity index (χ3v) is 17.2. The zero-order valence-corrected chi connectivity index (χ0v) is 19.6. The van der Waals surface area contributed by atoms with Crippen LogP contribution in [-0.2, 0) is 0 Å². The summed E-state index contributed by atoms with van der Waals surface area (Å²) in [5, 5.41) is 1.04. The van der Waals surface area contributed by atoms with Crippen LogP contribution >= 0.6 is 20.8 Å². The van der Waals surface area contributed by atoms with Crippen molar-refractivity contribution in [2.24, 2.45) is 0 Å². The van der Waals surface area contributed by atoms with Crippen molar-refractivity contribution in [3.8, 4) is 0 Å². The summed E-state index contributed by atoms with van der Waals surface area (Å²) in [5.74, 6) is 0. The van der Waals surface area contributed by atoms with Gasteiger partial charge in [0, 0.05) is 0 Å². The average molecular weight is 473 g/mol. The van der Waals surface area contributed by atoms with Gasteiger partial charge in [-0.25, -0.2) is 0 Å². The summed E-state index contributed by atoms with van der Waals surface area (Å²) in [5.41, 5.74) is 1.46. The first-order valence-electron chi connectivity index (χ1n) is 10.3. The van der Waals surface area contributed by atoms with E-state index in [4.69, 9.17) is 0 Å². The number of rotatable bonds is 6. The normalized spacial score (nSPS) is 14.1. The molecule has 30 heavy (non-hydrogen) atoms. The number of halogens is 1. The molecule has 0 nitrogen and oxygen atoms in total. The van der Waals surface area contributed by atoms with Crippen LogP contribution in [0.2, 0.25) is 0 Å². The molecular formula is C28H26BrP. The van der Waals surface area contributed by atoms with Crippen LogP contribution in [0.25, 0.3) is 6.08 Å². The van der Waals surface area contributed by atoms with Gasteiger partial charge in [0.15, 0.2) is 0 Å². The molecule has 0 saturated carbocycles. The Morgan fingerprint density at radius 2 is 0.900 bits per heavy atom. The summed E-state index contributed by atoms with van der Waals surface area (Å²) in [7, 11) is 0. The van der Waals surface area contributed by atoms with E-state index in [0.717, 1.165) is 0 Å². The Kier molecular flexibility index (Phi) is 6.04. The van der Waals surface area contributed by atoms with Gasteiger partial charge in [0.05, 0.1) is 0 Å². The SMILES string of the molecule is CC(/C=C/c1ccccc1)P(Br)(c1ccccc1)(c1ccccc1)c1ccccc1. The summed E-state index contributed by atoms with van der Waals surface area (Å²) >= 11 is 4.54. The molecule has 4 rings (SSSR count). The van der Waals surface area contributed by atoms with Gasteiger partial charge in [-0.15, -0.1) is 0 Å². The predicted octanol–water partition coefficient (Wildman–Crippen LogP) is 6.93. The van der Waals surface area contributed by atoms with Crippen molar-refractivity contribution >= 4 is 42.8 Å². The van der Waals surface area contributed by atoms with Gasteiger partial charge < -0.3 is 0 Å². The van der Waals surface area contributed by atoms with E-state index in [1.165, 1.54) is 21.5 Å². The molecule has 0 heterocycles. The first-order chi connectivity index (χ1) is 14.6. The molecule has 4 aromatic carbocycles. The van der Waals surface area contributed by atoms with E-state index in [0.29, 0.717) is 0 Å². The molecule has 150 valence electrons. The van der Waals surface area contributed by atoms with E-state index in [1.54, 1.807) is 0 Å². The summed E-state index contributed by atoms with van der Waals surface area (Å²) in [6, 6.07) is 43.4. The topological polar surface area (TPSA) is 0 Å². The summed E-state index contributed by atoms with van der Waals surface area (Å²) < 4.78 is 0. The van der Waals surface area contributed by atoms with Gasteiger partial charge in [-0.05, 0) is 0 Å². The molecule has 0 aliphatic carbocycles. The minimum absolute atomic E-state index is 0.239.